The molecule has 0 rings (SSSR count). The standard InChI is InChI=1S/C8H10Cl2O4/c1-2-14-8(13)7(5(11)3-9)6(12)4-10/h7H,2-4H2,1H3. The van der Waals surface area contributed by atoms with Crippen molar-refractivity contribution in [1.82, 2.24) is 0 Å². The van der Waals surface area contributed by atoms with Crippen molar-refractivity contribution in [1.29, 1.82) is 0 Å². The summed E-state index contributed by atoms with van der Waals surface area (Å²) >= 11 is 10.5. The number of ether oxygens (including phenoxy) is 1. The average molecular weight is 241 g/mol. The van der Waals surface area contributed by atoms with Crippen LogP contribution in [0.4, 0.5) is 0 Å². The van der Waals surface area contributed by atoms with Crippen LogP contribution >= 0.6 is 23.2 Å². The van der Waals surface area contributed by atoms with Crippen LogP contribution in [-0.4, -0.2) is 35.9 Å². The molecule has 0 saturated carbocycles. The molecule has 0 aliphatic carbocycles. The molecule has 6 heteroatoms. The predicted molar refractivity (Wildman–Crippen MR) is 51.6 cm³/mol. The summed E-state index contributed by atoms with van der Waals surface area (Å²) in [4.78, 5) is 33.4. The molecular weight excluding hydrogens is 231 g/mol. The Morgan fingerprint density at radius 2 is 1.57 bits per heavy atom. The fraction of sp³-hybridized carbons (Fsp3) is 0.625. The zero-order valence-electron chi connectivity index (χ0n) is 7.59. The number of rotatable bonds is 6. The van der Waals surface area contributed by atoms with E-state index in [1.165, 1.54) is 0 Å². The molecule has 0 atom stereocenters. The minimum absolute atomic E-state index is 0.0977. The van der Waals surface area contributed by atoms with Gasteiger partial charge in [0.1, 0.15) is 0 Å². The van der Waals surface area contributed by atoms with E-state index in [1.54, 1.807) is 6.92 Å². The summed E-state index contributed by atoms with van der Waals surface area (Å²) < 4.78 is 4.55. The van der Waals surface area contributed by atoms with Crippen molar-refractivity contribution >= 4 is 40.7 Å². The van der Waals surface area contributed by atoms with Crippen LogP contribution in [0, 0.1) is 5.92 Å². The smallest absolute Gasteiger partial charge is 0.324 e. The van der Waals surface area contributed by atoms with E-state index in [0.29, 0.717) is 0 Å². The second-order valence-electron chi connectivity index (χ2n) is 2.38. The lowest BCUT2D eigenvalue weighted by molar-refractivity contribution is -0.153. The number of hydrogen-bond acceptors (Lipinski definition) is 4. The molecule has 4 nitrogen and oxygen atoms in total. The summed E-state index contributed by atoms with van der Waals surface area (Å²) in [6.07, 6.45) is 0. The van der Waals surface area contributed by atoms with Gasteiger partial charge in [0.25, 0.3) is 0 Å². The largest absolute Gasteiger partial charge is 0.465 e. The van der Waals surface area contributed by atoms with Crippen LogP contribution in [0.2, 0.25) is 0 Å². The van der Waals surface area contributed by atoms with Crippen LogP contribution in [0.5, 0.6) is 0 Å². The number of ketones is 2. The summed E-state index contributed by atoms with van der Waals surface area (Å²) in [6.45, 7) is 1.67. The number of hydrogen-bond donors (Lipinski definition) is 0. The van der Waals surface area contributed by atoms with Gasteiger partial charge in [-0.25, -0.2) is 0 Å². The molecule has 0 N–H and O–H groups in total. The molecule has 0 fully saturated rings. The first-order valence-electron chi connectivity index (χ1n) is 3.92. The van der Waals surface area contributed by atoms with E-state index in [1.807, 2.05) is 0 Å². The second-order valence-corrected chi connectivity index (χ2v) is 2.92. The van der Waals surface area contributed by atoms with Gasteiger partial charge >= 0.3 is 5.97 Å². The first kappa shape index (κ1) is 13.4. The molecule has 0 aromatic carbocycles. The molecule has 0 aliphatic heterocycles. The van der Waals surface area contributed by atoms with Gasteiger partial charge in [0.15, 0.2) is 17.5 Å². The van der Waals surface area contributed by atoms with E-state index in [4.69, 9.17) is 23.2 Å². The molecular formula is C8H10Cl2O4. The molecule has 0 amide bonds. The minimum Gasteiger partial charge on any atom is -0.465 e. The Morgan fingerprint density at radius 3 is 1.86 bits per heavy atom. The van der Waals surface area contributed by atoms with Crippen molar-refractivity contribution in [2.75, 3.05) is 18.4 Å². The van der Waals surface area contributed by atoms with Gasteiger partial charge in [0, 0.05) is 0 Å². The highest BCUT2D eigenvalue weighted by molar-refractivity contribution is 6.37. The summed E-state index contributed by atoms with van der Waals surface area (Å²) in [5, 5.41) is 0. The van der Waals surface area contributed by atoms with Crippen molar-refractivity contribution in [2.24, 2.45) is 5.92 Å². The number of halogens is 2. The Morgan fingerprint density at radius 1 is 1.14 bits per heavy atom. The van der Waals surface area contributed by atoms with Crippen molar-refractivity contribution in [3.05, 3.63) is 0 Å². The number of esters is 1. The zero-order valence-corrected chi connectivity index (χ0v) is 9.10. The monoisotopic (exact) mass is 240 g/mol. The highest BCUT2D eigenvalue weighted by Crippen LogP contribution is 2.06. The van der Waals surface area contributed by atoms with E-state index >= 15 is 0 Å². The lowest BCUT2D eigenvalue weighted by Gasteiger charge is -2.10. The highest BCUT2D eigenvalue weighted by Gasteiger charge is 2.33. The van der Waals surface area contributed by atoms with Crippen LogP contribution in [0.15, 0.2) is 0 Å². The molecule has 0 unspecified atom stereocenters. The second kappa shape index (κ2) is 6.79. The minimum atomic E-state index is -1.47. The van der Waals surface area contributed by atoms with E-state index < -0.39 is 35.2 Å². The molecule has 0 bridgehead atoms. The van der Waals surface area contributed by atoms with E-state index in [-0.39, 0.29) is 6.61 Å². The number of carbonyl (C=O) groups is 3. The number of alkyl halides is 2. The fourth-order valence-electron chi connectivity index (χ4n) is 0.822. The van der Waals surface area contributed by atoms with E-state index in [0.717, 1.165) is 0 Å². The van der Waals surface area contributed by atoms with Crippen LogP contribution in [0.3, 0.4) is 0 Å². The Balaban J connectivity index is 4.63. The summed E-state index contributed by atoms with van der Waals surface area (Å²) in [6, 6.07) is 0. The third-order valence-electron chi connectivity index (χ3n) is 1.43. The maximum absolute atomic E-state index is 11.2. The quantitative estimate of drug-likeness (QED) is 0.391. The third kappa shape index (κ3) is 3.64. The van der Waals surface area contributed by atoms with E-state index in [2.05, 4.69) is 4.74 Å². The lowest BCUT2D eigenvalue weighted by atomic mass is 10.0. The molecule has 0 aromatic heterocycles. The predicted octanol–water partition coefficient (Wildman–Crippen LogP) is 0.781. The van der Waals surface area contributed by atoms with Crippen molar-refractivity contribution in [2.45, 2.75) is 6.92 Å². The molecule has 14 heavy (non-hydrogen) atoms. The Bertz CT molecular complexity index is 223. The maximum Gasteiger partial charge on any atom is 0.324 e. The summed E-state index contributed by atoms with van der Waals surface area (Å²) in [5.74, 6) is -4.54. The normalized spacial score (nSPS) is 10.0. The molecule has 0 saturated heterocycles. The Labute approximate surface area is 91.5 Å². The van der Waals surface area contributed by atoms with Gasteiger partial charge in [-0.05, 0) is 6.92 Å². The van der Waals surface area contributed by atoms with Gasteiger partial charge in [-0.1, -0.05) is 0 Å². The van der Waals surface area contributed by atoms with Gasteiger partial charge in [0.2, 0.25) is 0 Å². The molecule has 0 aromatic rings. The number of Topliss-reactive ketones (excluding diaryl/α,β-unsaturated/α-hetero) is 2. The van der Waals surface area contributed by atoms with Gasteiger partial charge < -0.3 is 4.74 Å². The van der Waals surface area contributed by atoms with Crippen LogP contribution < -0.4 is 0 Å². The SMILES string of the molecule is CCOC(=O)C(C(=O)CCl)C(=O)CCl. The van der Waals surface area contributed by atoms with Gasteiger partial charge in [-0.2, -0.15) is 0 Å². The van der Waals surface area contributed by atoms with Crippen LogP contribution in [0.1, 0.15) is 6.92 Å². The maximum atomic E-state index is 11.2. The van der Waals surface area contributed by atoms with E-state index in [9.17, 15) is 14.4 Å². The Hall–Kier alpha value is -0.610. The lowest BCUT2D eigenvalue weighted by Crippen LogP contribution is -2.35. The molecule has 0 spiro atoms. The third-order valence-corrected chi connectivity index (χ3v) is 1.96. The van der Waals surface area contributed by atoms with Gasteiger partial charge in [0.05, 0.1) is 18.4 Å². The highest BCUT2D eigenvalue weighted by atomic mass is 35.5. The first-order chi connectivity index (χ1) is 6.58. The Kier molecular flexibility index (Phi) is 6.49. The van der Waals surface area contributed by atoms with Crippen LogP contribution in [0.25, 0.3) is 0 Å². The van der Waals surface area contributed by atoms with Crippen molar-refractivity contribution < 1.29 is 19.1 Å². The van der Waals surface area contributed by atoms with Gasteiger partial charge in [-0.3, -0.25) is 14.4 Å². The first-order valence-corrected chi connectivity index (χ1v) is 4.99. The summed E-state index contributed by atoms with van der Waals surface area (Å²) in [5.41, 5.74) is 0. The number of carbonyl (C=O) groups excluding carboxylic acids is 3. The van der Waals surface area contributed by atoms with Crippen molar-refractivity contribution in [3.8, 4) is 0 Å². The van der Waals surface area contributed by atoms with Gasteiger partial charge in [-0.15, -0.1) is 23.2 Å². The molecule has 80 valence electrons. The average Bonchev–Trinajstić information content (AvgIpc) is 2.17. The molecule has 0 aliphatic rings. The molecule has 0 heterocycles. The zero-order chi connectivity index (χ0) is 11.1. The fourth-order valence-corrected chi connectivity index (χ4v) is 1.13. The summed E-state index contributed by atoms with van der Waals surface area (Å²) in [7, 11) is 0. The molecule has 0 radical (unpaired) electrons. The van der Waals surface area contributed by atoms with Crippen molar-refractivity contribution in [3.63, 3.8) is 0 Å². The topological polar surface area (TPSA) is 60.4 Å². The van der Waals surface area contributed by atoms with Crippen LogP contribution in [-0.2, 0) is 19.1 Å².